The lowest BCUT2D eigenvalue weighted by Gasteiger charge is -2.05. The van der Waals surface area contributed by atoms with Gasteiger partial charge in [-0.3, -0.25) is 14.9 Å². The van der Waals surface area contributed by atoms with Crippen LogP contribution in [-0.2, 0) is 11.2 Å². The summed E-state index contributed by atoms with van der Waals surface area (Å²) in [6.07, 6.45) is 1.70. The molecule has 0 saturated carbocycles. The minimum Gasteiger partial charge on any atom is -0.497 e. The van der Waals surface area contributed by atoms with E-state index in [9.17, 15) is 9.59 Å². The molecule has 3 N–H and O–H groups in total. The highest BCUT2D eigenvalue weighted by molar-refractivity contribution is 7.14. The van der Waals surface area contributed by atoms with E-state index in [1.807, 2.05) is 54.6 Å². The number of nitrogens with zero attached hydrogens (tertiary/aromatic N) is 3. The first-order valence-corrected chi connectivity index (χ1v) is 10.2. The Labute approximate surface area is 182 Å². The van der Waals surface area contributed by atoms with Crippen molar-refractivity contribution in [2.45, 2.75) is 6.42 Å². The summed E-state index contributed by atoms with van der Waals surface area (Å²) < 4.78 is 6.97. The van der Waals surface area contributed by atoms with Gasteiger partial charge in [0.25, 0.3) is 5.91 Å². The molecule has 0 aliphatic carbocycles. The van der Waals surface area contributed by atoms with Gasteiger partial charge in [0, 0.05) is 17.1 Å². The molecule has 156 valence electrons. The number of anilines is 1. The van der Waals surface area contributed by atoms with Crippen molar-refractivity contribution >= 4 is 28.3 Å². The topological polar surface area (TPSA) is 112 Å². The van der Waals surface area contributed by atoms with Crippen molar-refractivity contribution in [2.75, 3.05) is 12.4 Å². The zero-order valence-corrected chi connectivity index (χ0v) is 17.4. The summed E-state index contributed by atoms with van der Waals surface area (Å²) in [5.74, 6) is -0.179. The van der Waals surface area contributed by atoms with Gasteiger partial charge in [-0.05, 0) is 24.3 Å². The van der Waals surface area contributed by atoms with Crippen molar-refractivity contribution in [3.63, 3.8) is 0 Å². The van der Waals surface area contributed by atoms with E-state index in [0.29, 0.717) is 27.8 Å². The molecule has 2 aromatic carbocycles. The maximum absolute atomic E-state index is 13.1. The predicted octanol–water partition coefficient (Wildman–Crippen LogP) is 3.28. The number of hydrogen-bond acceptors (Lipinski definition) is 6. The van der Waals surface area contributed by atoms with Gasteiger partial charge in [0.1, 0.15) is 11.4 Å². The Morgan fingerprint density at radius 3 is 2.71 bits per heavy atom. The monoisotopic (exact) mass is 433 g/mol. The third-order valence-corrected chi connectivity index (χ3v) is 5.26. The summed E-state index contributed by atoms with van der Waals surface area (Å²) in [4.78, 5) is 28.5. The maximum Gasteiger partial charge on any atom is 0.261 e. The Balaban J connectivity index is 1.70. The van der Waals surface area contributed by atoms with Gasteiger partial charge < -0.3 is 10.5 Å². The van der Waals surface area contributed by atoms with Crippen molar-refractivity contribution in [2.24, 2.45) is 5.73 Å². The highest BCUT2D eigenvalue weighted by Gasteiger charge is 2.20. The maximum atomic E-state index is 13.1. The average Bonchev–Trinajstić information content (AvgIpc) is 3.41. The van der Waals surface area contributed by atoms with Crippen molar-refractivity contribution in [1.29, 1.82) is 0 Å². The number of thiazole rings is 1. The molecular formula is C22H19N5O3S. The molecule has 2 aromatic heterocycles. The van der Waals surface area contributed by atoms with Gasteiger partial charge in [0.15, 0.2) is 5.13 Å². The minimum absolute atomic E-state index is 0.0212. The van der Waals surface area contributed by atoms with Crippen LogP contribution in [0.5, 0.6) is 5.75 Å². The third kappa shape index (κ3) is 4.62. The predicted molar refractivity (Wildman–Crippen MR) is 119 cm³/mol. The van der Waals surface area contributed by atoms with E-state index in [0.717, 1.165) is 11.3 Å². The van der Waals surface area contributed by atoms with Crippen molar-refractivity contribution in [3.05, 3.63) is 77.4 Å². The second kappa shape index (κ2) is 8.80. The molecule has 4 rings (SSSR count). The van der Waals surface area contributed by atoms with Gasteiger partial charge in [0.05, 0.1) is 30.5 Å². The van der Waals surface area contributed by atoms with Crippen LogP contribution >= 0.6 is 11.3 Å². The van der Waals surface area contributed by atoms with Crippen LogP contribution in [-0.4, -0.2) is 33.7 Å². The molecule has 0 atom stereocenters. The molecule has 8 nitrogen and oxygen atoms in total. The molecule has 0 saturated heterocycles. The number of benzene rings is 2. The van der Waals surface area contributed by atoms with Gasteiger partial charge in [-0.2, -0.15) is 5.10 Å². The summed E-state index contributed by atoms with van der Waals surface area (Å²) in [6, 6.07) is 16.9. The largest absolute Gasteiger partial charge is 0.497 e. The van der Waals surface area contributed by atoms with E-state index in [4.69, 9.17) is 10.5 Å². The first-order chi connectivity index (χ1) is 15.0. The van der Waals surface area contributed by atoms with Crippen LogP contribution in [0.3, 0.4) is 0 Å². The number of carbonyl (C=O) groups excluding carboxylic acids is 2. The van der Waals surface area contributed by atoms with E-state index in [2.05, 4.69) is 15.4 Å². The van der Waals surface area contributed by atoms with Crippen LogP contribution in [0.15, 0.2) is 66.2 Å². The average molecular weight is 433 g/mol. The second-order valence-electron chi connectivity index (χ2n) is 6.64. The van der Waals surface area contributed by atoms with Gasteiger partial charge in [-0.1, -0.05) is 30.3 Å². The summed E-state index contributed by atoms with van der Waals surface area (Å²) in [6.45, 7) is 0. The summed E-state index contributed by atoms with van der Waals surface area (Å²) in [7, 11) is 1.58. The standard InChI is InChI=1S/C22H19N5O3S/c1-30-17-9-5-6-14(10-17)20-18(12-27(26-20)16-7-3-2-4-8-16)21(29)25-22-24-15(13-31-22)11-19(23)28/h2-10,12-13H,11H2,1H3,(H2,23,28)(H,24,25,29). The molecule has 0 aliphatic heterocycles. The fourth-order valence-corrected chi connectivity index (χ4v) is 3.73. The normalized spacial score (nSPS) is 10.6. The van der Waals surface area contributed by atoms with Gasteiger partial charge >= 0.3 is 0 Å². The highest BCUT2D eigenvalue weighted by Crippen LogP contribution is 2.28. The number of para-hydroxylation sites is 1. The third-order valence-electron chi connectivity index (χ3n) is 4.45. The summed E-state index contributed by atoms with van der Waals surface area (Å²) >= 11 is 1.23. The van der Waals surface area contributed by atoms with Crippen molar-refractivity contribution in [3.8, 4) is 22.7 Å². The number of hydrogen-bond donors (Lipinski definition) is 2. The van der Waals surface area contributed by atoms with Crippen molar-refractivity contribution < 1.29 is 14.3 Å². The highest BCUT2D eigenvalue weighted by atomic mass is 32.1. The zero-order valence-electron chi connectivity index (χ0n) is 16.6. The summed E-state index contributed by atoms with van der Waals surface area (Å²) in [5.41, 5.74) is 8.18. The van der Waals surface area contributed by atoms with Crippen LogP contribution in [0.1, 0.15) is 16.1 Å². The number of amides is 2. The van der Waals surface area contributed by atoms with E-state index < -0.39 is 5.91 Å². The molecule has 0 bridgehead atoms. The molecule has 0 radical (unpaired) electrons. The molecule has 9 heteroatoms. The fourth-order valence-electron chi connectivity index (χ4n) is 3.03. The minimum atomic E-state index is -0.479. The van der Waals surface area contributed by atoms with E-state index >= 15 is 0 Å². The van der Waals surface area contributed by atoms with Crippen molar-refractivity contribution in [1.82, 2.24) is 14.8 Å². The molecule has 0 spiro atoms. The molecule has 0 aliphatic rings. The SMILES string of the molecule is COc1cccc(-c2nn(-c3ccccc3)cc2C(=O)Nc2nc(CC(N)=O)cs2)c1. The van der Waals surface area contributed by atoms with E-state index in [1.54, 1.807) is 23.4 Å². The molecule has 2 amide bonds. The van der Waals surface area contributed by atoms with Crippen LogP contribution in [0.25, 0.3) is 16.9 Å². The first kappa shape index (κ1) is 20.3. The molecular weight excluding hydrogens is 414 g/mol. The van der Waals surface area contributed by atoms with Gasteiger partial charge in [-0.25, -0.2) is 9.67 Å². The number of rotatable bonds is 7. The molecule has 0 fully saturated rings. The fraction of sp³-hybridized carbons (Fsp3) is 0.0909. The second-order valence-corrected chi connectivity index (χ2v) is 7.50. The summed E-state index contributed by atoms with van der Waals surface area (Å²) in [5, 5.41) is 9.51. The molecule has 31 heavy (non-hydrogen) atoms. The van der Waals surface area contributed by atoms with Gasteiger partial charge in [-0.15, -0.1) is 11.3 Å². The number of carbonyl (C=O) groups is 2. The quantitative estimate of drug-likeness (QED) is 0.464. The number of nitrogens with two attached hydrogens (primary N) is 1. The number of nitrogens with one attached hydrogen (secondary N) is 1. The van der Waals surface area contributed by atoms with E-state index in [-0.39, 0.29) is 12.3 Å². The smallest absolute Gasteiger partial charge is 0.261 e. The lowest BCUT2D eigenvalue weighted by atomic mass is 10.1. The Bertz CT molecular complexity index is 1230. The Morgan fingerprint density at radius 2 is 1.97 bits per heavy atom. The van der Waals surface area contributed by atoms with Crippen LogP contribution in [0.4, 0.5) is 5.13 Å². The lowest BCUT2D eigenvalue weighted by molar-refractivity contribution is -0.117. The zero-order chi connectivity index (χ0) is 21.8. The number of primary amides is 1. The Hall–Kier alpha value is -3.98. The van der Waals surface area contributed by atoms with E-state index in [1.165, 1.54) is 11.3 Å². The van der Waals surface area contributed by atoms with Crippen LogP contribution < -0.4 is 15.8 Å². The number of aromatic nitrogens is 3. The first-order valence-electron chi connectivity index (χ1n) is 9.37. The lowest BCUT2D eigenvalue weighted by Crippen LogP contribution is -2.14. The van der Waals surface area contributed by atoms with Crippen LogP contribution in [0, 0.1) is 0 Å². The molecule has 2 heterocycles. The Kier molecular flexibility index (Phi) is 5.76. The number of ether oxygens (including phenoxy) is 1. The molecule has 4 aromatic rings. The van der Waals surface area contributed by atoms with Crippen LogP contribution in [0.2, 0.25) is 0 Å². The molecule has 0 unspecified atom stereocenters. The van der Waals surface area contributed by atoms with Gasteiger partial charge in [0.2, 0.25) is 5.91 Å². The Morgan fingerprint density at radius 1 is 1.16 bits per heavy atom. The number of methoxy groups -OCH3 is 1.